The van der Waals surface area contributed by atoms with Crippen LogP contribution in [0.4, 0.5) is 11.4 Å². The summed E-state index contributed by atoms with van der Waals surface area (Å²) < 4.78 is 5.79. The van der Waals surface area contributed by atoms with E-state index >= 15 is 0 Å². The van der Waals surface area contributed by atoms with Crippen molar-refractivity contribution >= 4 is 11.4 Å². The van der Waals surface area contributed by atoms with Gasteiger partial charge >= 0.3 is 0 Å². The van der Waals surface area contributed by atoms with Gasteiger partial charge in [-0.25, -0.2) is 0 Å². The van der Waals surface area contributed by atoms with Crippen molar-refractivity contribution < 1.29 is 4.74 Å². The van der Waals surface area contributed by atoms with Gasteiger partial charge in [0.15, 0.2) is 0 Å². The minimum absolute atomic E-state index is 0.625. The van der Waals surface area contributed by atoms with Crippen LogP contribution in [0, 0.1) is 6.92 Å². The molecule has 2 nitrogen and oxygen atoms in total. The zero-order chi connectivity index (χ0) is 11.0. The summed E-state index contributed by atoms with van der Waals surface area (Å²) in [6.07, 6.45) is 0. The highest BCUT2D eigenvalue weighted by atomic mass is 16.5. The van der Waals surface area contributed by atoms with Gasteiger partial charge in [-0.3, -0.25) is 0 Å². The minimum Gasteiger partial charge on any atom is -0.487 e. The molecule has 1 aliphatic rings. The van der Waals surface area contributed by atoms with Crippen molar-refractivity contribution in [2.45, 2.75) is 13.5 Å². The van der Waals surface area contributed by atoms with Crippen LogP contribution in [0.3, 0.4) is 0 Å². The van der Waals surface area contributed by atoms with Crippen molar-refractivity contribution in [3.8, 4) is 5.75 Å². The van der Waals surface area contributed by atoms with Gasteiger partial charge in [-0.1, -0.05) is 30.3 Å². The molecule has 0 saturated carbocycles. The van der Waals surface area contributed by atoms with Gasteiger partial charge in [-0.15, -0.1) is 0 Å². The molecule has 0 unspecified atom stereocenters. The standard InChI is InChI=1S/C14H13NO/c1-10-5-4-8-13-14(10)15-12-7-3-2-6-11(12)9-16-13/h2-8,15H,9H2,1H3. The number of nitrogens with one attached hydrogen (secondary N) is 1. The first-order valence-corrected chi connectivity index (χ1v) is 5.42. The molecule has 0 saturated heterocycles. The van der Waals surface area contributed by atoms with Crippen LogP contribution in [0.15, 0.2) is 42.5 Å². The van der Waals surface area contributed by atoms with Gasteiger partial charge < -0.3 is 10.1 Å². The highest BCUT2D eigenvalue weighted by Crippen LogP contribution is 2.35. The van der Waals surface area contributed by atoms with E-state index in [2.05, 4.69) is 30.4 Å². The third kappa shape index (κ3) is 1.43. The van der Waals surface area contributed by atoms with Gasteiger partial charge in [0.05, 0.1) is 5.69 Å². The minimum atomic E-state index is 0.625. The molecule has 0 aliphatic carbocycles. The number of rotatable bonds is 0. The van der Waals surface area contributed by atoms with Gasteiger partial charge in [0.1, 0.15) is 12.4 Å². The highest BCUT2D eigenvalue weighted by molar-refractivity contribution is 5.72. The molecule has 0 fully saturated rings. The molecule has 0 aromatic heterocycles. The Hall–Kier alpha value is -1.96. The van der Waals surface area contributed by atoms with Crippen LogP contribution in [0.1, 0.15) is 11.1 Å². The molecule has 16 heavy (non-hydrogen) atoms. The first-order chi connectivity index (χ1) is 7.84. The lowest BCUT2D eigenvalue weighted by Crippen LogP contribution is -1.93. The van der Waals surface area contributed by atoms with Crippen LogP contribution < -0.4 is 10.1 Å². The average Bonchev–Trinajstić information content (AvgIpc) is 2.50. The fraction of sp³-hybridized carbons (Fsp3) is 0.143. The smallest absolute Gasteiger partial charge is 0.143 e. The lowest BCUT2D eigenvalue weighted by molar-refractivity contribution is 0.310. The molecule has 2 aromatic rings. The third-order valence-electron chi connectivity index (χ3n) is 2.89. The number of hydrogen-bond acceptors (Lipinski definition) is 2. The normalized spacial score (nSPS) is 12.8. The van der Waals surface area contributed by atoms with E-state index in [-0.39, 0.29) is 0 Å². The van der Waals surface area contributed by atoms with E-state index in [4.69, 9.17) is 4.74 Å². The summed E-state index contributed by atoms with van der Waals surface area (Å²) in [4.78, 5) is 0. The van der Waals surface area contributed by atoms with Crippen molar-refractivity contribution in [2.75, 3.05) is 5.32 Å². The molecule has 0 atom stereocenters. The Kier molecular flexibility index (Phi) is 2.07. The van der Waals surface area contributed by atoms with Crippen LogP contribution in [-0.2, 0) is 6.61 Å². The highest BCUT2D eigenvalue weighted by Gasteiger charge is 2.13. The maximum absolute atomic E-state index is 5.79. The fourth-order valence-corrected chi connectivity index (χ4v) is 1.98. The van der Waals surface area contributed by atoms with Crippen LogP contribution in [0.5, 0.6) is 5.75 Å². The predicted molar refractivity (Wildman–Crippen MR) is 65.2 cm³/mol. The summed E-state index contributed by atoms with van der Waals surface area (Å²) in [6, 6.07) is 14.3. The van der Waals surface area contributed by atoms with Crippen LogP contribution in [0.2, 0.25) is 0 Å². The number of fused-ring (bicyclic) bond motifs is 2. The quantitative estimate of drug-likeness (QED) is 0.718. The summed E-state index contributed by atoms with van der Waals surface area (Å²) >= 11 is 0. The predicted octanol–water partition coefficient (Wildman–Crippen LogP) is 3.63. The number of aryl methyl sites for hydroxylation is 1. The van der Waals surface area contributed by atoms with Crippen LogP contribution in [0.25, 0.3) is 0 Å². The second-order valence-corrected chi connectivity index (χ2v) is 4.02. The molecule has 1 aliphatic heterocycles. The fourth-order valence-electron chi connectivity index (χ4n) is 1.98. The van der Waals surface area contributed by atoms with Gasteiger partial charge in [0, 0.05) is 11.3 Å². The van der Waals surface area contributed by atoms with E-state index in [1.54, 1.807) is 0 Å². The zero-order valence-electron chi connectivity index (χ0n) is 9.16. The van der Waals surface area contributed by atoms with E-state index < -0.39 is 0 Å². The van der Waals surface area contributed by atoms with E-state index in [9.17, 15) is 0 Å². The van der Waals surface area contributed by atoms with Crippen molar-refractivity contribution in [3.63, 3.8) is 0 Å². The maximum atomic E-state index is 5.79. The summed E-state index contributed by atoms with van der Waals surface area (Å²) in [5.41, 5.74) is 4.61. The molecule has 0 radical (unpaired) electrons. The van der Waals surface area contributed by atoms with Crippen LogP contribution in [-0.4, -0.2) is 0 Å². The Balaban J connectivity index is 2.13. The first kappa shape index (κ1) is 9.28. The number of anilines is 2. The molecular formula is C14H13NO. The van der Waals surface area contributed by atoms with E-state index in [1.807, 2.05) is 24.3 Å². The second kappa shape index (κ2) is 3.56. The number of hydrogen-bond donors (Lipinski definition) is 1. The Bertz CT molecular complexity index is 534. The summed E-state index contributed by atoms with van der Waals surface area (Å²) in [5.74, 6) is 0.927. The van der Waals surface area contributed by atoms with Gasteiger partial charge in [-0.2, -0.15) is 0 Å². The maximum Gasteiger partial charge on any atom is 0.143 e. The van der Waals surface area contributed by atoms with E-state index in [0.717, 1.165) is 17.1 Å². The Morgan fingerprint density at radius 2 is 1.94 bits per heavy atom. The van der Waals surface area contributed by atoms with Crippen molar-refractivity contribution in [3.05, 3.63) is 53.6 Å². The van der Waals surface area contributed by atoms with E-state index in [0.29, 0.717) is 6.61 Å². The number of benzene rings is 2. The first-order valence-electron chi connectivity index (χ1n) is 5.42. The molecule has 0 spiro atoms. The van der Waals surface area contributed by atoms with Gasteiger partial charge in [-0.05, 0) is 24.6 Å². The molecule has 0 bridgehead atoms. The molecule has 1 N–H and O–H groups in total. The van der Waals surface area contributed by atoms with E-state index in [1.165, 1.54) is 11.1 Å². The largest absolute Gasteiger partial charge is 0.487 e. The Morgan fingerprint density at radius 1 is 1.06 bits per heavy atom. The summed E-state index contributed by atoms with van der Waals surface area (Å²) in [6.45, 7) is 2.71. The molecule has 3 rings (SSSR count). The Labute approximate surface area is 94.9 Å². The molecule has 80 valence electrons. The Morgan fingerprint density at radius 3 is 2.88 bits per heavy atom. The molecule has 2 heteroatoms. The van der Waals surface area contributed by atoms with Gasteiger partial charge in [0.2, 0.25) is 0 Å². The second-order valence-electron chi connectivity index (χ2n) is 4.02. The van der Waals surface area contributed by atoms with Crippen molar-refractivity contribution in [2.24, 2.45) is 0 Å². The molecular weight excluding hydrogens is 198 g/mol. The van der Waals surface area contributed by atoms with Crippen molar-refractivity contribution in [1.29, 1.82) is 0 Å². The summed E-state index contributed by atoms with van der Waals surface area (Å²) in [5, 5.41) is 3.45. The van der Waals surface area contributed by atoms with Gasteiger partial charge in [0.25, 0.3) is 0 Å². The average molecular weight is 211 g/mol. The summed E-state index contributed by atoms with van der Waals surface area (Å²) in [7, 11) is 0. The molecule has 1 heterocycles. The monoisotopic (exact) mass is 211 g/mol. The topological polar surface area (TPSA) is 21.3 Å². The SMILES string of the molecule is Cc1cccc2c1Nc1ccccc1CO2. The van der Waals surface area contributed by atoms with Crippen LogP contribution >= 0.6 is 0 Å². The van der Waals surface area contributed by atoms with Crippen molar-refractivity contribution in [1.82, 2.24) is 0 Å². The lowest BCUT2D eigenvalue weighted by atomic mass is 10.1. The number of para-hydroxylation sites is 2. The lowest BCUT2D eigenvalue weighted by Gasteiger charge is -2.10. The number of ether oxygens (including phenoxy) is 1. The third-order valence-corrected chi connectivity index (χ3v) is 2.89. The molecule has 0 amide bonds. The zero-order valence-corrected chi connectivity index (χ0v) is 9.16. The molecule has 2 aromatic carbocycles.